The van der Waals surface area contributed by atoms with Crippen LogP contribution in [0.15, 0.2) is 48.5 Å². The molecule has 1 fully saturated rings. The molecule has 198 valence electrons. The van der Waals surface area contributed by atoms with Crippen LogP contribution in [0.25, 0.3) is 0 Å². The number of amides is 3. The first-order chi connectivity index (χ1) is 17.9. The lowest BCUT2D eigenvalue weighted by atomic mass is 10.1. The van der Waals surface area contributed by atoms with Gasteiger partial charge in [0.2, 0.25) is 0 Å². The number of piperazine rings is 1. The number of anilines is 1. The fraction of sp³-hybridized carbons (Fsp3) is 0.423. The van der Waals surface area contributed by atoms with Gasteiger partial charge in [-0.1, -0.05) is 25.8 Å². The summed E-state index contributed by atoms with van der Waals surface area (Å²) < 4.78 is 5.64. The van der Waals surface area contributed by atoms with Crippen molar-refractivity contribution in [2.45, 2.75) is 26.2 Å². The van der Waals surface area contributed by atoms with Gasteiger partial charge in [0.15, 0.2) is 0 Å². The SMILES string of the molecule is CCCCCOc1ccc(NC(=O)C(=O)NCCN2CCN(C(=O)c3cccc([N+](=O)[O-])c3)CC2)cc1. The first kappa shape index (κ1) is 27.6. The van der Waals surface area contributed by atoms with Crippen LogP contribution < -0.4 is 15.4 Å². The largest absolute Gasteiger partial charge is 0.494 e. The fourth-order valence-corrected chi connectivity index (χ4v) is 3.88. The lowest BCUT2D eigenvalue weighted by molar-refractivity contribution is -0.384. The first-order valence-corrected chi connectivity index (χ1v) is 12.5. The van der Waals surface area contributed by atoms with Crippen molar-refractivity contribution in [3.05, 3.63) is 64.2 Å². The van der Waals surface area contributed by atoms with E-state index in [0.717, 1.165) is 19.3 Å². The lowest BCUT2D eigenvalue weighted by Crippen LogP contribution is -2.50. The Morgan fingerprint density at radius 1 is 1.00 bits per heavy atom. The number of nitro benzene ring substituents is 1. The number of nitro groups is 1. The van der Waals surface area contributed by atoms with E-state index in [0.29, 0.717) is 50.8 Å². The van der Waals surface area contributed by atoms with E-state index in [1.807, 2.05) is 0 Å². The molecule has 3 rings (SSSR count). The van der Waals surface area contributed by atoms with E-state index in [1.54, 1.807) is 35.2 Å². The Kier molecular flexibility index (Phi) is 10.4. The zero-order chi connectivity index (χ0) is 26.6. The molecule has 2 N–H and O–H groups in total. The van der Waals surface area contributed by atoms with Crippen LogP contribution in [0, 0.1) is 10.1 Å². The Bertz CT molecular complexity index is 1080. The number of non-ortho nitro benzene ring substituents is 1. The molecule has 0 bridgehead atoms. The summed E-state index contributed by atoms with van der Waals surface area (Å²) in [6, 6.07) is 12.6. The average molecular weight is 512 g/mol. The minimum Gasteiger partial charge on any atom is -0.494 e. The molecule has 1 aliphatic heterocycles. The zero-order valence-corrected chi connectivity index (χ0v) is 21.0. The molecule has 37 heavy (non-hydrogen) atoms. The van der Waals surface area contributed by atoms with Crippen molar-refractivity contribution in [1.29, 1.82) is 0 Å². The molecule has 0 unspecified atom stereocenters. The number of carbonyl (C=O) groups excluding carboxylic acids is 3. The topological polar surface area (TPSA) is 134 Å². The van der Waals surface area contributed by atoms with Gasteiger partial charge in [-0.05, 0) is 36.8 Å². The fourth-order valence-electron chi connectivity index (χ4n) is 3.88. The van der Waals surface area contributed by atoms with Crippen LogP contribution >= 0.6 is 0 Å². The number of benzene rings is 2. The van der Waals surface area contributed by atoms with Crippen molar-refractivity contribution in [2.24, 2.45) is 0 Å². The second kappa shape index (κ2) is 13.9. The summed E-state index contributed by atoms with van der Waals surface area (Å²) in [5.41, 5.74) is 0.675. The van der Waals surface area contributed by atoms with Gasteiger partial charge in [0.1, 0.15) is 5.75 Å². The molecule has 0 radical (unpaired) electrons. The van der Waals surface area contributed by atoms with Crippen LogP contribution in [0.3, 0.4) is 0 Å². The highest BCUT2D eigenvalue weighted by Crippen LogP contribution is 2.17. The van der Waals surface area contributed by atoms with Crippen LogP contribution in [0.5, 0.6) is 5.75 Å². The number of unbranched alkanes of at least 4 members (excludes halogenated alkanes) is 2. The highest BCUT2D eigenvalue weighted by Gasteiger charge is 2.23. The van der Waals surface area contributed by atoms with Crippen molar-refractivity contribution in [1.82, 2.24) is 15.1 Å². The predicted molar refractivity (Wildman–Crippen MR) is 139 cm³/mol. The van der Waals surface area contributed by atoms with E-state index < -0.39 is 16.7 Å². The van der Waals surface area contributed by atoms with Gasteiger partial charge in [-0.2, -0.15) is 0 Å². The molecule has 1 aliphatic rings. The van der Waals surface area contributed by atoms with Crippen LogP contribution in [-0.4, -0.2) is 78.3 Å². The lowest BCUT2D eigenvalue weighted by Gasteiger charge is -2.34. The molecule has 2 aromatic rings. The summed E-state index contributed by atoms with van der Waals surface area (Å²) in [7, 11) is 0. The zero-order valence-electron chi connectivity index (χ0n) is 21.0. The summed E-state index contributed by atoms with van der Waals surface area (Å²) in [6.45, 7) is 5.71. The molecule has 3 amide bonds. The molecule has 1 heterocycles. The molecule has 2 aromatic carbocycles. The average Bonchev–Trinajstić information content (AvgIpc) is 2.92. The Morgan fingerprint density at radius 3 is 2.41 bits per heavy atom. The smallest absolute Gasteiger partial charge is 0.313 e. The van der Waals surface area contributed by atoms with Gasteiger partial charge in [-0.15, -0.1) is 0 Å². The molecule has 11 nitrogen and oxygen atoms in total. The third kappa shape index (κ3) is 8.57. The Balaban J connectivity index is 1.35. The standard InChI is InChI=1S/C26H33N5O6/c1-2-3-4-18-37-23-10-8-21(9-11-23)28-25(33)24(32)27-12-13-29-14-16-30(17-15-29)26(34)20-6-5-7-22(19-20)31(35)36/h5-11,19H,2-4,12-18H2,1H3,(H,27,32)(H,28,33). The van der Waals surface area contributed by atoms with E-state index in [1.165, 1.54) is 18.2 Å². The summed E-state index contributed by atoms with van der Waals surface area (Å²) in [5, 5.41) is 16.1. The van der Waals surface area contributed by atoms with Crippen LogP contribution in [0.1, 0.15) is 36.5 Å². The van der Waals surface area contributed by atoms with Crippen LogP contribution in [-0.2, 0) is 9.59 Å². The van der Waals surface area contributed by atoms with E-state index >= 15 is 0 Å². The summed E-state index contributed by atoms with van der Waals surface area (Å²) >= 11 is 0. The Morgan fingerprint density at radius 2 is 1.73 bits per heavy atom. The summed E-state index contributed by atoms with van der Waals surface area (Å²) in [5.74, 6) is -1.00. The van der Waals surface area contributed by atoms with Crippen LogP contribution in [0.4, 0.5) is 11.4 Å². The Hall–Kier alpha value is -3.99. The van der Waals surface area contributed by atoms with Crippen LogP contribution in [0.2, 0.25) is 0 Å². The predicted octanol–water partition coefficient (Wildman–Crippen LogP) is 2.68. The molecular formula is C26H33N5O6. The van der Waals surface area contributed by atoms with E-state index in [2.05, 4.69) is 22.5 Å². The van der Waals surface area contributed by atoms with Crippen molar-refractivity contribution in [2.75, 3.05) is 51.2 Å². The third-order valence-corrected chi connectivity index (χ3v) is 6.01. The minimum atomic E-state index is -0.746. The van der Waals surface area contributed by atoms with E-state index in [9.17, 15) is 24.5 Å². The van der Waals surface area contributed by atoms with Gasteiger partial charge >= 0.3 is 11.8 Å². The van der Waals surface area contributed by atoms with Gasteiger partial charge in [0, 0.05) is 62.7 Å². The van der Waals surface area contributed by atoms with Crippen molar-refractivity contribution in [3.63, 3.8) is 0 Å². The highest BCUT2D eigenvalue weighted by atomic mass is 16.6. The molecule has 0 saturated carbocycles. The molecule has 0 spiro atoms. The van der Waals surface area contributed by atoms with Gasteiger partial charge in [0.25, 0.3) is 11.6 Å². The maximum absolute atomic E-state index is 12.7. The maximum Gasteiger partial charge on any atom is 0.313 e. The molecule has 11 heteroatoms. The number of ether oxygens (including phenoxy) is 1. The second-order valence-electron chi connectivity index (χ2n) is 8.73. The van der Waals surface area contributed by atoms with Gasteiger partial charge < -0.3 is 20.3 Å². The quantitative estimate of drug-likeness (QED) is 0.205. The summed E-state index contributed by atoms with van der Waals surface area (Å²) in [6.07, 6.45) is 3.23. The maximum atomic E-state index is 12.7. The number of nitrogens with zero attached hydrogens (tertiary/aromatic N) is 3. The van der Waals surface area contributed by atoms with Gasteiger partial charge in [0.05, 0.1) is 11.5 Å². The molecule has 0 aromatic heterocycles. The number of hydrogen-bond donors (Lipinski definition) is 2. The van der Waals surface area contributed by atoms with E-state index in [-0.39, 0.29) is 23.7 Å². The molecule has 0 atom stereocenters. The second-order valence-corrected chi connectivity index (χ2v) is 8.73. The monoisotopic (exact) mass is 511 g/mol. The molecule has 1 saturated heterocycles. The molecule has 0 aliphatic carbocycles. The number of nitrogens with one attached hydrogen (secondary N) is 2. The number of rotatable bonds is 11. The van der Waals surface area contributed by atoms with Crippen molar-refractivity contribution in [3.8, 4) is 5.75 Å². The minimum absolute atomic E-state index is 0.117. The first-order valence-electron chi connectivity index (χ1n) is 12.5. The normalized spacial score (nSPS) is 13.6. The van der Waals surface area contributed by atoms with Gasteiger partial charge in [-0.25, -0.2) is 0 Å². The third-order valence-electron chi connectivity index (χ3n) is 6.01. The summed E-state index contributed by atoms with van der Waals surface area (Å²) in [4.78, 5) is 51.2. The number of hydrogen-bond acceptors (Lipinski definition) is 7. The highest BCUT2D eigenvalue weighted by molar-refractivity contribution is 6.39. The Labute approximate surface area is 215 Å². The molecular weight excluding hydrogens is 478 g/mol. The van der Waals surface area contributed by atoms with Crippen molar-refractivity contribution < 1.29 is 24.0 Å². The number of carbonyl (C=O) groups is 3. The van der Waals surface area contributed by atoms with Crippen molar-refractivity contribution >= 4 is 29.1 Å². The van der Waals surface area contributed by atoms with E-state index in [4.69, 9.17) is 4.74 Å². The van der Waals surface area contributed by atoms with Gasteiger partial charge in [-0.3, -0.25) is 29.4 Å².